The molecule has 0 aromatic heterocycles. The number of rotatable bonds is 2. The average Bonchev–Trinajstić information content (AvgIpc) is 2.36. The van der Waals surface area contributed by atoms with Crippen LogP contribution >= 0.6 is 0 Å². The van der Waals surface area contributed by atoms with Crippen LogP contribution in [0.2, 0.25) is 0 Å². The lowest BCUT2D eigenvalue weighted by molar-refractivity contribution is -0.917. The van der Waals surface area contributed by atoms with Crippen molar-refractivity contribution in [3.05, 3.63) is 35.9 Å². The molecule has 0 aliphatic carbocycles. The first kappa shape index (κ1) is 12.6. The first-order valence-corrected chi connectivity index (χ1v) is 6.89. The highest BCUT2D eigenvalue weighted by atomic mass is 15.3. The molecule has 1 aromatic rings. The topological polar surface area (TPSA) is 0 Å². The molecule has 94 valence electrons. The van der Waals surface area contributed by atoms with Crippen molar-refractivity contribution >= 4 is 0 Å². The minimum absolute atomic E-state index is 0.369. The molecule has 2 rings (SSSR count). The van der Waals surface area contributed by atoms with Gasteiger partial charge in [0, 0.05) is 17.8 Å². The third-order valence-corrected chi connectivity index (χ3v) is 5.17. The van der Waals surface area contributed by atoms with Crippen LogP contribution in [-0.2, 0) is 5.41 Å². The lowest BCUT2D eigenvalue weighted by atomic mass is 9.67. The first-order valence-electron chi connectivity index (χ1n) is 6.89. The Morgan fingerprint density at radius 1 is 1.29 bits per heavy atom. The molecule has 0 spiro atoms. The largest absolute Gasteiger partial charge is 0.326 e. The molecule has 0 amide bonds. The number of hydrogen-bond acceptors (Lipinski definition) is 0. The normalized spacial score (nSPS) is 38.0. The van der Waals surface area contributed by atoms with Crippen LogP contribution in [0, 0.1) is 5.92 Å². The van der Waals surface area contributed by atoms with Crippen molar-refractivity contribution in [3.63, 3.8) is 0 Å². The van der Waals surface area contributed by atoms with Crippen molar-refractivity contribution < 1.29 is 4.48 Å². The van der Waals surface area contributed by atoms with E-state index in [4.69, 9.17) is 0 Å². The standard InChI is InChI=1S/C16H26N/c1-5-17(4)12-11-16(3,14(2)13-17)15-9-7-6-8-10-15/h6-10,14H,5,11-13H2,1-4H3/q+1. The van der Waals surface area contributed by atoms with Crippen molar-refractivity contribution in [3.8, 4) is 0 Å². The van der Waals surface area contributed by atoms with E-state index >= 15 is 0 Å². The van der Waals surface area contributed by atoms with Gasteiger partial charge < -0.3 is 4.48 Å². The number of benzene rings is 1. The van der Waals surface area contributed by atoms with Gasteiger partial charge in [0.15, 0.2) is 0 Å². The Kier molecular flexibility index (Phi) is 3.31. The summed E-state index contributed by atoms with van der Waals surface area (Å²) >= 11 is 0. The van der Waals surface area contributed by atoms with Crippen LogP contribution in [0.1, 0.15) is 32.8 Å². The molecule has 1 aliphatic rings. The second-order valence-corrected chi connectivity index (χ2v) is 6.28. The summed E-state index contributed by atoms with van der Waals surface area (Å²) in [6.45, 7) is 11.1. The molecule has 3 atom stereocenters. The molecule has 1 heterocycles. The van der Waals surface area contributed by atoms with Gasteiger partial charge in [-0.1, -0.05) is 44.2 Å². The van der Waals surface area contributed by atoms with E-state index in [0.717, 1.165) is 5.92 Å². The smallest absolute Gasteiger partial charge is 0.0818 e. The van der Waals surface area contributed by atoms with Crippen molar-refractivity contribution in [2.24, 2.45) is 5.92 Å². The Morgan fingerprint density at radius 2 is 1.94 bits per heavy atom. The monoisotopic (exact) mass is 232 g/mol. The molecular formula is C16H26N+. The molecule has 0 N–H and O–H groups in total. The van der Waals surface area contributed by atoms with Gasteiger partial charge in [0.25, 0.3) is 0 Å². The number of nitrogens with zero attached hydrogens (tertiary/aromatic N) is 1. The summed E-state index contributed by atoms with van der Waals surface area (Å²) in [6.07, 6.45) is 1.31. The van der Waals surface area contributed by atoms with Gasteiger partial charge in [-0.2, -0.15) is 0 Å². The molecule has 17 heavy (non-hydrogen) atoms. The Balaban J connectivity index is 2.24. The van der Waals surface area contributed by atoms with Crippen LogP contribution in [0.25, 0.3) is 0 Å². The lowest BCUT2D eigenvalue weighted by Crippen LogP contribution is -2.57. The second kappa shape index (κ2) is 4.45. The highest BCUT2D eigenvalue weighted by Gasteiger charge is 2.43. The first-order chi connectivity index (χ1) is 8.00. The minimum atomic E-state index is 0.369. The van der Waals surface area contributed by atoms with Crippen LogP contribution in [0.5, 0.6) is 0 Å². The summed E-state index contributed by atoms with van der Waals surface area (Å²) in [5.41, 5.74) is 1.89. The van der Waals surface area contributed by atoms with Crippen molar-refractivity contribution in [2.75, 3.05) is 26.7 Å². The van der Waals surface area contributed by atoms with E-state index < -0.39 is 0 Å². The molecule has 3 unspecified atom stereocenters. The molecule has 1 fully saturated rings. The fourth-order valence-electron chi connectivity index (χ4n) is 3.24. The zero-order chi connectivity index (χ0) is 12.5. The van der Waals surface area contributed by atoms with E-state index in [0.29, 0.717) is 5.41 Å². The Labute approximate surface area is 106 Å². The Bertz CT molecular complexity index is 372. The maximum Gasteiger partial charge on any atom is 0.0818 e. The van der Waals surface area contributed by atoms with E-state index in [1.165, 1.54) is 36.1 Å². The van der Waals surface area contributed by atoms with E-state index in [1.807, 2.05) is 0 Å². The second-order valence-electron chi connectivity index (χ2n) is 6.28. The molecule has 0 radical (unpaired) electrons. The summed E-state index contributed by atoms with van der Waals surface area (Å²) in [5, 5.41) is 0. The highest BCUT2D eigenvalue weighted by molar-refractivity contribution is 5.25. The SMILES string of the molecule is CC[N+]1(C)CCC(C)(c2ccccc2)C(C)C1. The summed E-state index contributed by atoms with van der Waals surface area (Å²) in [7, 11) is 2.40. The maximum atomic E-state index is 2.45. The molecule has 1 nitrogen and oxygen atoms in total. The highest BCUT2D eigenvalue weighted by Crippen LogP contribution is 2.40. The zero-order valence-electron chi connectivity index (χ0n) is 11.7. The van der Waals surface area contributed by atoms with Crippen LogP contribution in [0.4, 0.5) is 0 Å². The van der Waals surface area contributed by atoms with Crippen LogP contribution in [0.15, 0.2) is 30.3 Å². The van der Waals surface area contributed by atoms with Gasteiger partial charge in [0.1, 0.15) is 0 Å². The number of piperidine rings is 1. The predicted molar refractivity (Wildman–Crippen MR) is 74.0 cm³/mol. The molecule has 1 heteroatoms. The minimum Gasteiger partial charge on any atom is -0.326 e. The van der Waals surface area contributed by atoms with Crippen molar-refractivity contribution in [1.29, 1.82) is 0 Å². The fourth-order valence-corrected chi connectivity index (χ4v) is 3.24. The summed E-state index contributed by atoms with van der Waals surface area (Å²) in [6, 6.07) is 11.1. The zero-order valence-corrected chi connectivity index (χ0v) is 11.7. The van der Waals surface area contributed by atoms with Gasteiger partial charge in [-0.3, -0.25) is 0 Å². The van der Waals surface area contributed by atoms with Gasteiger partial charge in [0.2, 0.25) is 0 Å². The van der Waals surface area contributed by atoms with Crippen molar-refractivity contribution in [1.82, 2.24) is 0 Å². The molecule has 0 saturated carbocycles. The number of likely N-dealkylation sites (tertiary alicyclic amines) is 1. The Morgan fingerprint density at radius 3 is 2.47 bits per heavy atom. The van der Waals surface area contributed by atoms with E-state index in [2.05, 4.69) is 58.2 Å². The van der Waals surface area contributed by atoms with Crippen molar-refractivity contribution in [2.45, 2.75) is 32.6 Å². The van der Waals surface area contributed by atoms with Gasteiger partial charge in [-0.05, 0) is 12.5 Å². The quantitative estimate of drug-likeness (QED) is 0.685. The van der Waals surface area contributed by atoms with Gasteiger partial charge in [0.05, 0.1) is 26.7 Å². The summed E-state index contributed by atoms with van der Waals surface area (Å²) in [5.74, 6) is 0.753. The third-order valence-electron chi connectivity index (χ3n) is 5.17. The van der Waals surface area contributed by atoms with Crippen LogP contribution < -0.4 is 0 Å². The average molecular weight is 232 g/mol. The van der Waals surface area contributed by atoms with E-state index in [-0.39, 0.29) is 0 Å². The van der Waals surface area contributed by atoms with Crippen LogP contribution in [0.3, 0.4) is 0 Å². The molecule has 0 bridgehead atoms. The Hall–Kier alpha value is -0.820. The van der Waals surface area contributed by atoms with Gasteiger partial charge in [-0.15, -0.1) is 0 Å². The number of hydrogen-bond donors (Lipinski definition) is 0. The molecule has 1 aromatic carbocycles. The lowest BCUT2D eigenvalue weighted by Gasteiger charge is -2.49. The summed E-state index contributed by atoms with van der Waals surface area (Å²) in [4.78, 5) is 0. The third kappa shape index (κ3) is 2.26. The van der Waals surface area contributed by atoms with E-state index in [1.54, 1.807) is 0 Å². The predicted octanol–water partition coefficient (Wildman–Crippen LogP) is 3.45. The van der Waals surface area contributed by atoms with E-state index in [9.17, 15) is 0 Å². The molecular weight excluding hydrogens is 206 g/mol. The fraction of sp³-hybridized carbons (Fsp3) is 0.625. The number of quaternary nitrogens is 1. The summed E-state index contributed by atoms with van der Waals surface area (Å²) < 4.78 is 1.24. The molecule has 1 saturated heterocycles. The van der Waals surface area contributed by atoms with Gasteiger partial charge in [-0.25, -0.2) is 0 Å². The molecule has 1 aliphatic heterocycles. The maximum absolute atomic E-state index is 2.45. The van der Waals surface area contributed by atoms with Crippen LogP contribution in [-0.4, -0.2) is 31.2 Å². The van der Waals surface area contributed by atoms with Gasteiger partial charge >= 0.3 is 0 Å².